The van der Waals surface area contributed by atoms with Crippen molar-refractivity contribution in [3.05, 3.63) is 70.2 Å². The number of rotatable bonds is 9. The van der Waals surface area contributed by atoms with Gasteiger partial charge < -0.3 is 29.0 Å². The van der Waals surface area contributed by atoms with Gasteiger partial charge in [-0.25, -0.2) is 12.7 Å². The molecule has 1 fully saturated rings. The van der Waals surface area contributed by atoms with Crippen molar-refractivity contribution in [1.82, 2.24) is 9.80 Å². The molecule has 1 saturated heterocycles. The minimum absolute atomic E-state index is 0.00293. The summed E-state index contributed by atoms with van der Waals surface area (Å²) in [5.74, 6) is -1.02. The number of halogens is 1. The highest BCUT2D eigenvalue weighted by atomic mass is 35.5. The van der Waals surface area contributed by atoms with Crippen LogP contribution in [0.1, 0.15) is 23.1 Å². The topological polar surface area (TPSA) is 135 Å². The lowest BCUT2D eigenvalue weighted by Crippen LogP contribution is -2.59. The molecule has 1 unspecified atom stereocenters. The Morgan fingerprint density at radius 3 is 2.13 bits per heavy atom. The van der Waals surface area contributed by atoms with E-state index in [0.717, 1.165) is 5.56 Å². The van der Waals surface area contributed by atoms with Crippen LogP contribution in [0.4, 0.5) is 5.69 Å². The summed E-state index contributed by atoms with van der Waals surface area (Å²) >= 11 is 6.58. The van der Waals surface area contributed by atoms with Crippen LogP contribution in [0.2, 0.25) is 5.02 Å². The Labute approximate surface area is 273 Å². The molecule has 2 aliphatic rings. The number of aliphatic hydroxyl groups is 1. The first-order valence-electron chi connectivity index (χ1n) is 14.3. The van der Waals surface area contributed by atoms with Crippen molar-refractivity contribution in [2.75, 3.05) is 53.4 Å². The molecule has 246 valence electrons. The van der Waals surface area contributed by atoms with Crippen molar-refractivity contribution < 1.29 is 42.1 Å². The maximum Gasteiger partial charge on any atom is 0.278 e. The number of fused-ring (bicyclic) bond motifs is 1. The van der Waals surface area contributed by atoms with Crippen molar-refractivity contribution in [3.8, 4) is 23.0 Å². The first kappa shape index (κ1) is 33.3. The molecule has 0 spiro atoms. The Balaban J connectivity index is 1.91. The monoisotopic (exact) mass is 673 g/mol. The highest BCUT2D eigenvalue weighted by Crippen LogP contribution is 2.56. The molecule has 2 heterocycles. The van der Waals surface area contributed by atoms with Crippen molar-refractivity contribution >= 4 is 39.1 Å². The highest BCUT2D eigenvalue weighted by Gasteiger charge is 2.64. The number of ether oxygens (including phenoxy) is 4. The fourth-order valence-electron chi connectivity index (χ4n) is 6.42. The first-order valence-corrected chi connectivity index (χ1v) is 16.1. The SMILES string of the molecule is COc1cc(OC)c(S(=O)(=O)N2C(=O)C(c3cc(C)ccc3OC)(N3C[C@H](O)C[C@H]3C(=O)N(C)C)c3cc(Cl)ccc32)c(OC)c1. The van der Waals surface area contributed by atoms with Gasteiger partial charge in [0.1, 0.15) is 23.0 Å². The van der Waals surface area contributed by atoms with Gasteiger partial charge in [-0.3, -0.25) is 14.5 Å². The number of β-amino-alcohol motifs (C(OH)–C–C–N with tert-alkyl or cyclic N) is 1. The number of hydrogen-bond donors (Lipinski definition) is 1. The Morgan fingerprint density at radius 2 is 1.57 bits per heavy atom. The number of anilines is 1. The standard InChI is InChI=1S/C32H36ClN3O9S/c1-18-8-11-26(43-5)23(12-18)32(35-17-20(37)14-25(35)30(38)34(2)3)22-13-19(33)9-10-24(22)36(31(32)39)46(40,41)29-27(44-6)15-21(42-4)16-28(29)45-7/h8-13,15-16,20,25,37H,14,17H2,1-7H3/t20-,25+,32?/m1/s1. The Kier molecular flexibility index (Phi) is 8.90. The number of carbonyl (C=O) groups is 2. The minimum atomic E-state index is -4.82. The quantitative estimate of drug-likeness (QED) is 0.361. The second-order valence-electron chi connectivity index (χ2n) is 11.3. The molecule has 3 atom stereocenters. The molecular weight excluding hydrogens is 638 g/mol. The fraction of sp³-hybridized carbons (Fsp3) is 0.375. The zero-order chi connectivity index (χ0) is 33.7. The molecule has 1 N–H and O–H groups in total. The van der Waals surface area contributed by atoms with Gasteiger partial charge in [0.15, 0.2) is 10.4 Å². The van der Waals surface area contributed by atoms with Crippen molar-refractivity contribution in [2.45, 2.75) is 35.9 Å². The van der Waals surface area contributed by atoms with Gasteiger partial charge in [-0.1, -0.05) is 23.2 Å². The minimum Gasteiger partial charge on any atom is -0.496 e. The van der Waals surface area contributed by atoms with E-state index in [1.165, 1.54) is 63.7 Å². The van der Waals surface area contributed by atoms with E-state index >= 15 is 4.79 Å². The zero-order valence-corrected chi connectivity index (χ0v) is 28.1. The predicted molar refractivity (Wildman–Crippen MR) is 171 cm³/mol. The number of aryl methyl sites for hydroxylation is 1. The molecule has 0 aromatic heterocycles. The number of hydrogen-bond acceptors (Lipinski definition) is 10. The van der Waals surface area contributed by atoms with Gasteiger partial charge in [-0.05, 0) is 43.7 Å². The van der Waals surface area contributed by atoms with Gasteiger partial charge in [0.2, 0.25) is 5.91 Å². The number of benzene rings is 3. The van der Waals surface area contributed by atoms with Crippen LogP contribution in [0.5, 0.6) is 23.0 Å². The molecule has 0 bridgehead atoms. The molecule has 46 heavy (non-hydrogen) atoms. The van der Waals surface area contributed by atoms with Crippen LogP contribution in [0.25, 0.3) is 0 Å². The molecule has 5 rings (SSSR count). The second kappa shape index (κ2) is 12.3. The van der Waals surface area contributed by atoms with Gasteiger partial charge >= 0.3 is 0 Å². The Hall–Kier alpha value is -4.04. The molecule has 14 heteroatoms. The van der Waals surface area contributed by atoms with Crippen LogP contribution >= 0.6 is 11.6 Å². The fourth-order valence-corrected chi connectivity index (χ4v) is 8.33. The summed E-state index contributed by atoms with van der Waals surface area (Å²) in [6.45, 7) is 1.68. The summed E-state index contributed by atoms with van der Waals surface area (Å²) < 4.78 is 52.5. The summed E-state index contributed by atoms with van der Waals surface area (Å²) in [7, 11) is 3.75. The van der Waals surface area contributed by atoms with Crippen LogP contribution < -0.4 is 23.3 Å². The van der Waals surface area contributed by atoms with E-state index in [-0.39, 0.29) is 63.7 Å². The highest BCUT2D eigenvalue weighted by molar-refractivity contribution is 7.93. The molecule has 0 saturated carbocycles. The smallest absolute Gasteiger partial charge is 0.278 e. The summed E-state index contributed by atoms with van der Waals surface area (Å²) in [4.78, 5) is 31.7. The van der Waals surface area contributed by atoms with Gasteiger partial charge in [0.05, 0.1) is 46.3 Å². The van der Waals surface area contributed by atoms with E-state index < -0.39 is 38.5 Å². The summed E-state index contributed by atoms with van der Waals surface area (Å²) in [5.41, 5.74) is -0.794. The number of sulfonamides is 1. The van der Waals surface area contributed by atoms with E-state index in [4.69, 9.17) is 30.5 Å². The maximum absolute atomic E-state index is 15.4. The van der Waals surface area contributed by atoms with E-state index in [1.807, 2.05) is 6.92 Å². The molecule has 3 aromatic carbocycles. The molecule has 12 nitrogen and oxygen atoms in total. The molecule has 0 radical (unpaired) electrons. The Morgan fingerprint density at radius 1 is 0.935 bits per heavy atom. The van der Waals surface area contributed by atoms with Crippen molar-refractivity contribution in [1.29, 1.82) is 0 Å². The van der Waals surface area contributed by atoms with Crippen LogP contribution in [0.15, 0.2) is 53.4 Å². The number of nitrogens with zero attached hydrogens (tertiary/aromatic N) is 3. The molecular formula is C32H36ClN3O9S. The molecule has 2 amide bonds. The summed E-state index contributed by atoms with van der Waals surface area (Å²) in [6.07, 6.45) is -1.01. The van der Waals surface area contributed by atoms with E-state index in [1.54, 1.807) is 37.2 Å². The van der Waals surface area contributed by atoms with Crippen LogP contribution in [0, 0.1) is 6.92 Å². The maximum atomic E-state index is 15.4. The normalized spacial score (nSPS) is 21.2. The molecule has 2 aliphatic heterocycles. The van der Waals surface area contributed by atoms with Crippen LogP contribution in [0.3, 0.4) is 0 Å². The number of likely N-dealkylation sites (N-methyl/N-ethyl adjacent to an activating group) is 1. The molecule has 3 aromatic rings. The van der Waals surface area contributed by atoms with Crippen LogP contribution in [-0.2, 0) is 25.2 Å². The average Bonchev–Trinajstić information content (AvgIpc) is 3.54. The lowest BCUT2D eigenvalue weighted by Gasteiger charge is -2.42. The Bertz CT molecular complexity index is 1790. The zero-order valence-electron chi connectivity index (χ0n) is 26.5. The third-order valence-corrected chi connectivity index (χ3v) is 10.4. The predicted octanol–water partition coefficient (Wildman–Crippen LogP) is 3.19. The number of carbonyl (C=O) groups excluding carboxylic acids is 2. The van der Waals surface area contributed by atoms with Gasteiger partial charge in [0.25, 0.3) is 15.9 Å². The molecule has 0 aliphatic carbocycles. The third kappa shape index (κ3) is 5.02. The second-order valence-corrected chi connectivity index (χ2v) is 13.5. The summed E-state index contributed by atoms with van der Waals surface area (Å²) in [5, 5.41) is 11.2. The number of methoxy groups -OCH3 is 4. The van der Waals surface area contributed by atoms with Crippen molar-refractivity contribution in [2.24, 2.45) is 0 Å². The van der Waals surface area contributed by atoms with Gasteiger partial charge in [-0.15, -0.1) is 0 Å². The largest absolute Gasteiger partial charge is 0.496 e. The number of amides is 2. The van der Waals surface area contributed by atoms with E-state index in [9.17, 15) is 18.3 Å². The third-order valence-electron chi connectivity index (χ3n) is 8.41. The number of aliphatic hydroxyl groups excluding tert-OH is 1. The lowest BCUT2D eigenvalue weighted by atomic mass is 9.80. The van der Waals surface area contributed by atoms with Crippen molar-refractivity contribution in [3.63, 3.8) is 0 Å². The first-order chi connectivity index (χ1) is 21.8. The van der Waals surface area contributed by atoms with Gasteiger partial charge in [-0.2, -0.15) is 0 Å². The van der Waals surface area contributed by atoms with Gasteiger partial charge in [0, 0.05) is 48.9 Å². The summed E-state index contributed by atoms with van der Waals surface area (Å²) in [6, 6.07) is 11.3. The van der Waals surface area contributed by atoms with Crippen LogP contribution in [-0.4, -0.2) is 96.4 Å². The lowest BCUT2D eigenvalue weighted by molar-refractivity contribution is -0.138. The van der Waals surface area contributed by atoms with E-state index in [0.29, 0.717) is 4.31 Å². The number of likely N-dealkylation sites (tertiary alicyclic amines) is 1. The van der Waals surface area contributed by atoms with E-state index in [2.05, 4.69) is 0 Å². The average molecular weight is 674 g/mol.